The number of carbonyl (C=O) groups is 2. The van der Waals surface area contributed by atoms with Gasteiger partial charge >= 0.3 is 5.97 Å². The molecule has 0 spiro atoms. The van der Waals surface area contributed by atoms with E-state index in [0.717, 1.165) is 0 Å². The molecule has 1 N–H and O–H groups in total. The van der Waals surface area contributed by atoms with Crippen LogP contribution in [0.15, 0.2) is 29.8 Å². The van der Waals surface area contributed by atoms with Crippen LogP contribution in [0.5, 0.6) is 11.5 Å². The van der Waals surface area contributed by atoms with Gasteiger partial charge in [0, 0.05) is 11.1 Å². The molecule has 1 aromatic carbocycles. The van der Waals surface area contributed by atoms with Gasteiger partial charge in [-0.15, -0.1) is 0 Å². The fraction of sp³-hybridized carbons (Fsp3) is 0.286. The highest BCUT2D eigenvalue weighted by atomic mass is 16.5. The molecule has 0 fully saturated rings. The zero-order valence-corrected chi connectivity index (χ0v) is 11.1. The number of ether oxygens (including phenoxy) is 2. The normalized spacial score (nSPS) is 11.0. The highest BCUT2D eigenvalue weighted by Crippen LogP contribution is 2.28. The number of hydrogen-bond acceptors (Lipinski definition) is 4. The zero-order valence-electron chi connectivity index (χ0n) is 11.1. The van der Waals surface area contributed by atoms with Crippen LogP contribution >= 0.6 is 0 Å². The summed E-state index contributed by atoms with van der Waals surface area (Å²) in [5.41, 5.74) is 0.737. The first kappa shape index (κ1) is 14.8. The summed E-state index contributed by atoms with van der Waals surface area (Å²) in [6.45, 7) is 3.07. The molecule has 0 heterocycles. The van der Waals surface area contributed by atoms with Gasteiger partial charge in [0.05, 0.1) is 7.11 Å². The van der Waals surface area contributed by atoms with Crippen molar-refractivity contribution in [1.82, 2.24) is 0 Å². The summed E-state index contributed by atoms with van der Waals surface area (Å²) in [6, 6.07) is 4.85. The van der Waals surface area contributed by atoms with E-state index < -0.39 is 5.97 Å². The Morgan fingerprint density at radius 2 is 1.95 bits per heavy atom. The van der Waals surface area contributed by atoms with Crippen molar-refractivity contribution in [2.24, 2.45) is 0 Å². The van der Waals surface area contributed by atoms with E-state index in [1.54, 1.807) is 18.2 Å². The molecule has 0 saturated heterocycles. The van der Waals surface area contributed by atoms with Crippen LogP contribution < -0.4 is 9.47 Å². The average molecular weight is 264 g/mol. The lowest BCUT2D eigenvalue weighted by atomic mass is 10.1. The molecule has 0 saturated carbocycles. The van der Waals surface area contributed by atoms with Crippen molar-refractivity contribution in [2.75, 3.05) is 13.7 Å². The van der Waals surface area contributed by atoms with Gasteiger partial charge in [-0.3, -0.25) is 4.79 Å². The minimum atomic E-state index is -0.984. The lowest BCUT2D eigenvalue weighted by Gasteiger charge is -2.10. The Balaban J connectivity index is 2.82. The molecule has 0 aliphatic carbocycles. The van der Waals surface area contributed by atoms with Gasteiger partial charge in [0.15, 0.2) is 17.3 Å². The fourth-order valence-corrected chi connectivity index (χ4v) is 1.35. The maximum atomic E-state index is 11.2. The molecule has 102 valence electrons. The van der Waals surface area contributed by atoms with Crippen LogP contribution in [0, 0.1) is 0 Å². The van der Waals surface area contributed by atoms with Crippen molar-refractivity contribution in [3.05, 3.63) is 35.4 Å². The second kappa shape index (κ2) is 6.58. The lowest BCUT2D eigenvalue weighted by molar-refractivity contribution is -0.132. The first-order valence-corrected chi connectivity index (χ1v) is 5.67. The van der Waals surface area contributed by atoms with E-state index in [4.69, 9.17) is 14.6 Å². The lowest BCUT2D eigenvalue weighted by Crippen LogP contribution is -2.02. The molecule has 1 aromatic rings. The summed E-state index contributed by atoms with van der Waals surface area (Å²) in [5.74, 6) is -0.148. The molecular formula is C14H16O5. The molecule has 0 aliphatic rings. The molecule has 5 nitrogen and oxygen atoms in total. The maximum absolute atomic E-state index is 11.2. The Bertz CT molecular complexity index is 517. The molecule has 19 heavy (non-hydrogen) atoms. The Hall–Kier alpha value is -2.30. The van der Waals surface area contributed by atoms with Gasteiger partial charge in [-0.1, -0.05) is 0 Å². The molecule has 0 amide bonds. The van der Waals surface area contributed by atoms with Gasteiger partial charge in [0.2, 0.25) is 0 Å². The topological polar surface area (TPSA) is 72.8 Å². The summed E-state index contributed by atoms with van der Waals surface area (Å²) >= 11 is 0. The molecule has 0 aromatic heterocycles. The highest BCUT2D eigenvalue weighted by Gasteiger charge is 2.08. The van der Waals surface area contributed by atoms with Crippen LogP contribution in [0.3, 0.4) is 0 Å². The van der Waals surface area contributed by atoms with Crippen LogP contribution in [0.2, 0.25) is 0 Å². The van der Waals surface area contributed by atoms with Gasteiger partial charge in [-0.25, -0.2) is 4.79 Å². The summed E-state index contributed by atoms with van der Waals surface area (Å²) in [4.78, 5) is 21.8. The van der Waals surface area contributed by atoms with Crippen molar-refractivity contribution >= 4 is 11.8 Å². The number of carboxylic acid groups (broad SMARTS) is 1. The monoisotopic (exact) mass is 264 g/mol. The summed E-state index contributed by atoms with van der Waals surface area (Å²) in [7, 11) is 1.48. The van der Waals surface area contributed by atoms with Gasteiger partial charge in [-0.2, -0.15) is 0 Å². The van der Waals surface area contributed by atoms with E-state index in [2.05, 4.69) is 0 Å². The average Bonchev–Trinajstić information content (AvgIpc) is 2.38. The van der Waals surface area contributed by atoms with Gasteiger partial charge in [0.25, 0.3) is 0 Å². The van der Waals surface area contributed by atoms with Crippen LogP contribution in [0.25, 0.3) is 0 Å². The molecule has 0 atom stereocenters. The van der Waals surface area contributed by atoms with Crippen molar-refractivity contribution in [3.63, 3.8) is 0 Å². The van der Waals surface area contributed by atoms with Crippen molar-refractivity contribution in [3.8, 4) is 11.5 Å². The van der Waals surface area contributed by atoms with Crippen molar-refractivity contribution in [1.29, 1.82) is 0 Å². The molecule has 0 aliphatic heterocycles. The number of Topliss-reactive ketones (excluding diaryl/α,β-unsaturated/α-hetero) is 1. The number of methoxy groups -OCH3 is 1. The number of carbonyl (C=O) groups excluding carboxylic acids is 1. The number of rotatable bonds is 6. The smallest absolute Gasteiger partial charge is 0.331 e. The maximum Gasteiger partial charge on any atom is 0.331 e. The Labute approximate surface area is 111 Å². The van der Waals surface area contributed by atoms with E-state index in [9.17, 15) is 9.59 Å². The number of benzene rings is 1. The Morgan fingerprint density at radius 3 is 2.47 bits per heavy atom. The van der Waals surface area contributed by atoms with Crippen LogP contribution in [0.1, 0.15) is 24.2 Å². The van der Waals surface area contributed by atoms with E-state index in [0.29, 0.717) is 17.1 Å². The predicted molar refractivity (Wildman–Crippen MR) is 69.9 cm³/mol. The number of carboxylic acids is 1. The van der Waals surface area contributed by atoms with Crippen LogP contribution in [0.4, 0.5) is 0 Å². The molecule has 5 heteroatoms. The summed E-state index contributed by atoms with van der Waals surface area (Å²) in [6.07, 6.45) is 1.46. The van der Waals surface area contributed by atoms with Gasteiger partial charge in [-0.05, 0) is 38.1 Å². The Kier molecular flexibility index (Phi) is 5.11. The largest absolute Gasteiger partial charge is 0.493 e. The minimum Gasteiger partial charge on any atom is -0.493 e. The third-order valence-electron chi connectivity index (χ3n) is 2.54. The number of aliphatic carboxylic acids is 1. The van der Waals surface area contributed by atoms with E-state index in [1.807, 2.05) is 0 Å². The predicted octanol–water partition coefficient (Wildman–Crippen LogP) is 2.31. The molecule has 1 rings (SSSR count). The third kappa shape index (κ3) is 4.13. The van der Waals surface area contributed by atoms with E-state index >= 15 is 0 Å². The van der Waals surface area contributed by atoms with Crippen molar-refractivity contribution < 1.29 is 24.2 Å². The number of ketones is 1. The SMILES string of the molecule is COc1cc(C(C)=O)ccc1OCC=C(C)C(=O)O. The first-order valence-electron chi connectivity index (χ1n) is 5.67. The quantitative estimate of drug-likeness (QED) is 0.630. The summed E-state index contributed by atoms with van der Waals surface area (Å²) in [5, 5.41) is 8.69. The number of hydrogen-bond donors (Lipinski definition) is 1. The highest BCUT2D eigenvalue weighted by molar-refractivity contribution is 5.94. The first-order chi connectivity index (χ1) is 8.95. The molecule has 0 unspecified atom stereocenters. The third-order valence-corrected chi connectivity index (χ3v) is 2.54. The van der Waals surface area contributed by atoms with Gasteiger partial charge < -0.3 is 14.6 Å². The van der Waals surface area contributed by atoms with Crippen LogP contribution in [-0.2, 0) is 4.79 Å². The second-order valence-corrected chi connectivity index (χ2v) is 3.93. The Morgan fingerprint density at radius 1 is 1.26 bits per heavy atom. The molecule has 0 bridgehead atoms. The molecular weight excluding hydrogens is 248 g/mol. The molecule has 0 radical (unpaired) electrons. The van der Waals surface area contributed by atoms with Crippen LogP contribution in [-0.4, -0.2) is 30.6 Å². The van der Waals surface area contributed by atoms with Crippen molar-refractivity contribution in [2.45, 2.75) is 13.8 Å². The zero-order chi connectivity index (χ0) is 14.4. The standard InChI is InChI=1S/C14H16O5/c1-9(14(16)17)6-7-19-12-5-4-11(10(2)15)8-13(12)18-3/h4-6,8H,7H2,1-3H3,(H,16,17). The van der Waals surface area contributed by atoms with Gasteiger partial charge in [0.1, 0.15) is 6.61 Å². The minimum absolute atomic E-state index is 0.0635. The van der Waals surface area contributed by atoms with E-state index in [1.165, 1.54) is 27.0 Å². The second-order valence-electron chi connectivity index (χ2n) is 3.93. The summed E-state index contributed by atoms with van der Waals surface area (Å²) < 4.78 is 10.5. The van der Waals surface area contributed by atoms with E-state index in [-0.39, 0.29) is 18.0 Å². The fourth-order valence-electron chi connectivity index (χ4n) is 1.35.